The second-order valence-electron chi connectivity index (χ2n) is 17.5. The summed E-state index contributed by atoms with van der Waals surface area (Å²) in [5.41, 5.74) is 21.8. The van der Waals surface area contributed by atoms with E-state index >= 15 is 0 Å². The molecule has 1 aliphatic heterocycles. The molecule has 14 rings (SSSR count). The van der Waals surface area contributed by atoms with E-state index in [1.54, 1.807) is 0 Å². The molecule has 64 heavy (non-hydrogen) atoms. The number of hydrogen-bond acceptors (Lipinski definition) is 1. The Morgan fingerprint density at radius 3 is 1.41 bits per heavy atom. The minimum Gasteiger partial charge on any atom is -0.310 e. The van der Waals surface area contributed by atoms with Crippen molar-refractivity contribution in [3.8, 4) is 27.9 Å². The van der Waals surface area contributed by atoms with E-state index in [9.17, 15) is 0 Å². The summed E-state index contributed by atoms with van der Waals surface area (Å²) in [6, 6.07) is 90.6. The molecule has 0 unspecified atom stereocenters. The molecular formula is C62H40N2. The fourth-order valence-corrected chi connectivity index (χ4v) is 12.3. The molecule has 1 aromatic heterocycles. The van der Waals surface area contributed by atoms with Crippen molar-refractivity contribution in [3.05, 3.63) is 287 Å². The summed E-state index contributed by atoms with van der Waals surface area (Å²) in [5, 5.41) is 2.47. The Kier molecular flexibility index (Phi) is 7.28. The van der Waals surface area contributed by atoms with Gasteiger partial charge in [0, 0.05) is 27.8 Å². The lowest BCUT2D eigenvalue weighted by atomic mass is 9.63. The summed E-state index contributed by atoms with van der Waals surface area (Å²) in [7, 11) is 0. The Morgan fingerprint density at radius 1 is 0.297 bits per heavy atom. The van der Waals surface area contributed by atoms with Gasteiger partial charge in [0.25, 0.3) is 0 Å². The Morgan fingerprint density at radius 2 is 0.781 bits per heavy atom. The molecule has 0 saturated carbocycles. The van der Waals surface area contributed by atoms with Crippen LogP contribution < -0.4 is 4.90 Å². The molecule has 2 heteroatoms. The number of para-hydroxylation sites is 3. The van der Waals surface area contributed by atoms with E-state index in [2.05, 4.69) is 252 Å². The van der Waals surface area contributed by atoms with Crippen molar-refractivity contribution in [3.63, 3.8) is 0 Å². The third kappa shape index (κ3) is 4.44. The molecule has 0 amide bonds. The van der Waals surface area contributed by atoms with Crippen molar-refractivity contribution in [2.45, 2.75) is 10.8 Å². The van der Waals surface area contributed by atoms with Crippen molar-refractivity contribution >= 4 is 38.9 Å². The van der Waals surface area contributed by atoms with Gasteiger partial charge >= 0.3 is 0 Å². The van der Waals surface area contributed by atoms with Gasteiger partial charge in [0.05, 0.1) is 27.6 Å². The van der Waals surface area contributed by atoms with Crippen molar-refractivity contribution < 1.29 is 0 Å². The maximum Gasteiger partial charge on any atom is 0.0742 e. The lowest BCUT2D eigenvalue weighted by Gasteiger charge is -2.41. The first-order chi connectivity index (χ1) is 31.8. The average molecular weight is 813 g/mol. The number of fused-ring (bicyclic) bond motifs is 15. The summed E-state index contributed by atoms with van der Waals surface area (Å²) >= 11 is 0. The number of benzene rings is 10. The fourth-order valence-electron chi connectivity index (χ4n) is 12.3. The van der Waals surface area contributed by atoms with Crippen LogP contribution in [0, 0.1) is 0 Å². The van der Waals surface area contributed by atoms with Gasteiger partial charge < -0.3 is 9.47 Å². The van der Waals surface area contributed by atoms with Gasteiger partial charge in [-0.15, -0.1) is 0 Å². The molecule has 3 aliphatic rings. The summed E-state index contributed by atoms with van der Waals surface area (Å²) in [6.45, 7) is 0. The van der Waals surface area contributed by atoms with Crippen molar-refractivity contribution in [2.75, 3.05) is 4.90 Å². The molecule has 2 aliphatic carbocycles. The zero-order valence-corrected chi connectivity index (χ0v) is 35.0. The van der Waals surface area contributed by atoms with Crippen LogP contribution in [0.4, 0.5) is 17.1 Å². The minimum atomic E-state index is -0.517. The summed E-state index contributed by atoms with van der Waals surface area (Å²) in [5.74, 6) is 0. The van der Waals surface area contributed by atoms with Crippen LogP contribution in [0.1, 0.15) is 44.5 Å². The Bertz CT molecular complexity index is 3570. The summed E-state index contributed by atoms with van der Waals surface area (Å²) < 4.78 is 2.53. The van der Waals surface area contributed by atoms with E-state index in [-0.39, 0.29) is 0 Å². The number of aromatic nitrogens is 1. The van der Waals surface area contributed by atoms with Gasteiger partial charge in [-0.25, -0.2) is 0 Å². The van der Waals surface area contributed by atoms with Crippen LogP contribution in [0.2, 0.25) is 0 Å². The van der Waals surface area contributed by atoms with Crippen molar-refractivity contribution in [2.24, 2.45) is 0 Å². The predicted molar refractivity (Wildman–Crippen MR) is 264 cm³/mol. The number of nitrogens with zero attached hydrogens (tertiary/aromatic N) is 2. The number of anilines is 3. The zero-order chi connectivity index (χ0) is 42.0. The van der Waals surface area contributed by atoms with E-state index in [0.29, 0.717) is 0 Å². The quantitative estimate of drug-likeness (QED) is 0.168. The first-order valence-corrected chi connectivity index (χ1v) is 22.4. The van der Waals surface area contributed by atoms with Crippen LogP contribution in [0.3, 0.4) is 0 Å². The lowest BCUT2D eigenvalue weighted by molar-refractivity contribution is 0.728. The normalized spacial score (nSPS) is 14.2. The zero-order valence-electron chi connectivity index (χ0n) is 35.0. The largest absolute Gasteiger partial charge is 0.310 e. The SMILES string of the molecule is c1ccc(N(c2ccc3c(c2)C2(c4ccccc4-c4ccccc42)c2ccccc2-3)c2ccc3c(c2)c2cccc4c2n3-c2ccccc2C4(c2ccccc2)c2ccccc2)cc1. The molecule has 0 N–H and O–H groups in total. The van der Waals surface area contributed by atoms with Crippen LogP contribution in [-0.2, 0) is 10.8 Å². The Hall–Kier alpha value is -8.20. The molecular weight excluding hydrogens is 773 g/mol. The van der Waals surface area contributed by atoms with Gasteiger partial charge in [-0.1, -0.05) is 194 Å². The van der Waals surface area contributed by atoms with Gasteiger partial charge in [-0.3, -0.25) is 0 Å². The predicted octanol–water partition coefficient (Wildman–Crippen LogP) is 15.3. The van der Waals surface area contributed by atoms with Crippen LogP contribution in [-0.4, -0.2) is 4.57 Å². The first-order valence-electron chi connectivity index (χ1n) is 22.4. The highest BCUT2D eigenvalue weighted by molar-refractivity contribution is 6.13. The first kappa shape index (κ1) is 35.4. The molecule has 0 bridgehead atoms. The third-order valence-electron chi connectivity index (χ3n) is 14.6. The molecule has 2 heterocycles. The molecule has 0 fully saturated rings. The highest BCUT2D eigenvalue weighted by Gasteiger charge is 2.52. The van der Waals surface area contributed by atoms with E-state index in [4.69, 9.17) is 0 Å². The van der Waals surface area contributed by atoms with E-state index in [1.165, 1.54) is 94.3 Å². The van der Waals surface area contributed by atoms with Crippen LogP contribution in [0.15, 0.2) is 243 Å². The van der Waals surface area contributed by atoms with Crippen molar-refractivity contribution in [1.29, 1.82) is 0 Å². The van der Waals surface area contributed by atoms with Gasteiger partial charge in [-0.05, 0) is 115 Å². The summed E-state index contributed by atoms with van der Waals surface area (Å²) in [6.07, 6.45) is 0. The molecule has 2 nitrogen and oxygen atoms in total. The molecule has 298 valence electrons. The Balaban J connectivity index is 1.03. The molecule has 10 aromatic carbocycles. The molecule has 0 atom stereocenters. The van der Waals surface area contributed by atoms with Gasteiger partial charge in [0.15, 0.2) is 0 Å². The van der Waals surface area contributed by atoms with Crippen LogP contribution in [0.5, 0.6) is 0 Å². The number of rotatable bonds is 5. The maximum absolute atomic E-state index is 2.53. The topological polar surface area (TPSA) is 8.17 Å². The third-order valence-corrected chi connectivity index (χ3v) is 14.6. The summed E-state index contributed by atoms with van der Waals surface area (Å²) in [4.78, 5) is 2.46. The minimum absolute atomic E-state index is 0.433. The van der Waals surface area contributed by atoms with Gasteiger partial charge in [-0.2, -0.15) is 0 Å². The monoisotopic (exact) mass is 812 g/mol. The second-order valence-corrected chi connectivity index (χ2v) is 17.5. The number of hydrogen-bond donors (Lipinski definition) is 0. The molecule has 11 aromatic rings. The fraction of sp³-hybridized carbons (Fsp3) is 0.0323. The van der Waals surface area contributed by atoms with Crippen LogP contribution in [0.25, 0.3) is 49.7 Å². The van der Waals surface area contributed by atoms with E-state index < -0.39 is 10.8 Å². The molecule has 0 radical (unpaired) electrons. The average Bonchev–Trinajstić information content (AvgIpc) is 3.97. The van der Waals surface area contributed by atoms with Crippen LogP contribution >= 0.6 is 0 Å². The smallest absolute Gasteiger partial charge is 0.0742 e. The molecule has 1 spiro atoms. The Labute approximate surface area is 372 Å². The second kappa shape index (κ2) is 13.2. The lowest BCUT2D eigenvalue weighted by Crippen LogP contribution is -2.35. The molecule has 0 saturated heterocycles. The highest BCUT2D eigenvalue weighted by Crippen LogP contribution is 2.63. The maximum atomic E-state index is 2.53. The highest BCUT2D eigenvalue weighted by atomic mass is 15.1. The van der Waals surface area contributed by atoms with Crippen molar-refractivity contribution in [1.82, 2.24) is 4.57 Å². The van der Waals surface area contributed by atoms with Gasteiger partial charge in [0.2, 0.25) is 0 Å². The van der Waals surface area contributed by atoms with E-state index in [1.807, 2.05) is 0 Å². The standard InChI is InChI=1S/C62H40N2/c1-4-19-41(20-5-1)61(42-21-6-2-7-22-42)55-32-16-17-34-59(55)64-58-38-36-44(39-51(58)50-28-18-33-56(61)60(50)64)63(43-23-8-3-9-24-43)45-35-37-49-48-27-12-15-31-54(48)62(57(49)40-45)52-29-13-10-25-46(52)47-26-11-14-30-53(47)62/h1-40H. The van der Waals surface area contributed by atoms with Gasteiger partial charge in [0.1, 0.15) is 0 Å². The van der Waals surface area contributed by atoms with E-state index in [0.717, 1.165) is 17.1 Å².